The Morgan fingerprint density at radius 2 is 2.24 bits per heavy atom. The molecular formula is C14H28N2O. The van der Waals surface area contributed by atoms with Gasteiger partial charge in [0.15, 0.2) is 0 Å². The fraction of sp³-hybridized carbons (Fsp3) is 0.929. The SMILES string of the molecule is CCCC(C)C(=O)N(C)CCC1CCCCN1. The van der Waals surface area contributed by atoms with Crippen LogP contribution in [0.5, 0.6) is 0 Å². The molecule has 3 nitrogen and oxygen atoms in total. The van der Waals surface area contributed by atoms with Crippen LogP contribution >= 0.6 is 0 Å². The first-order chi connectivity index (χ1) is 8.15. The second-order valence-electron chi connectivity index (χ2n) is 5.39. The lowest BCUT2D eigenvalue weighted by atomic mass is 10.0. The zero-order valence-corrected chi connectivity index (χ0v) is 11.7. The lowest BCUT2D eigenvalue weighted by Gasteiger charge is -2.27. The quantitative estimate of drug-likeness (QED) is 0.773. The predicted octanol–water partition coefficient (Wildman–Crippen LogP) is 2.41. The highest BCUT2D eigenvalue weighted by molar-refractivity contribution is 5.78. The lowest BCUT2D eigenvalue weighted by Crippen LogP contribution is -2.39. The van der Waals surface area contributed by atoms with Gasteiger partial charge in [-0.1, -0.05) is 26.7 Å². The Kier molecular flexibility index (Phi) is 6.56. The maximum atomic E-state index is 12.0. The molecule has 1 aliphatic rings. The third-order valence-electron chi connectivity index (χ3n) is 3.74. The van der Waals surface area contributed by atoms with Crippen molar-refractivity contribution in [2.24, 2.45) is 5.92 Å². The van der Waals surface area contributed by atoms with Gasteiger partial charge in [-0.3, -0.25) is 4.79 Å². The number of hydrogen-bond donors (Lipinski definition) is 1. The van der Waals surface area contributed by atoms with Crippen molar-refractivity contribution in [3.05, 3.63) is 0 Å². The lowest BCUT2D eigenvalue weighted by molar-refractivity contribution is -0.134. The molecule has 1 fully saturated rings. The molecule has 1 rings (SSSR count). The molecule has 100 valence electrons. The molecule has 0 saturated carbocycles. The van der Waals surface area contributed by atoms with Crippen molar-refractivity contribution in [3.63, 3.8) is 0 Å². The van der Waals surface area contributed by atoms with Gasteiger partial charge in [0, 0.05) is 25.6 Å². The summed E-state index contributed by atoms with van der Waals surface area (Å²) in [6, 6.07) is 0.625. The molecule has 0 radical (unpaired) electrons. The van der Waals surface area contributed by atoms with Gasteiger partial charge >= 0.3 is 0 Å². The van der Waals surface area contributed by atoms with E-state index in [4.69, 9.17) is 0 Å². The second kappa shape index (κ2) is 7.70. The zero-order chi connectivity index (χ0) is 12.7. The van der Waals surface area contributed by atoms with Gasteiger partial charge in [-0.05, 0) is 32.2 Å². The van der Waals surface area contributed by atoms with Crippen molar-refractivity contribution in [1.29, 1.82) is 0 Å². The first kappa shape index (κ1) is 14.5. The van der Waals surface area contributed by atoms with E-state index in [0.29, 0.717) is 11.9 Å². The standard InChI is InChI=1S/C14H28N2O/c1-4-7-12(2)14(17)16(3)11-9-13-8-5-6-10-15-13/h12-13,15H,4-11H2,1-3H3. The summed E-state index contributed by atoms with van der Waals surface area (Å²) in [5.41, 5.74) is 0. The number of amides is 1. The molecule has 17 heavy (non-hydrogen) atoms. The van der Waals surface area contributed by atoms with E-state index in [9.17, 15) is 4.79 Å². The van der Waals surface area contributed by atoms with E-state index in [1.807, 2.05) is 18.9 Å². The Morgan fingerprint density at radius 1 is 1.47 bits per heavy atom. The Bertz CT molecular complexity index is 224. The third-order valence-corrected chi connectivity index (χ3v) is 3.74. The molecule has 0 aromatic rings. The van der Waals surface area contributed by atoms with Crippen molar-refractivity contribution in [1.82, 2.24) is 10.2 Å². The van der Waals surface area contributed by atoms with Crippen molar-refractivity contribution < 1.29 is 4.79 Å². The Hall–Kier alpha value is -0.570. The topological polar surface area (TPSA) is 32.3 Å². The van der Waals surface area contributed by atoms with Gasteiger partial charge in [-0.2, -0.15) is 0 Å². The molecule has 1 N–H and O–H groups in total. The number of rotatable bonds is 6. The average Bonchev–Trinajstić information content (AvgIpc) is 2.36. The maximum absolute atomic E-state index is 12.0. The highest BCUT2D eigenvalue weighted by atomic mass is 16.2. The normalized spacial score (nSPS) is 22.2. The van der Waals surface area contributed by atoms with Gasteiger partial charge in [0.25, 0.3) is 0 Å². The summed E-state index contributed by atoms with van der Waals surface area (Å²) in [4.78, 5) is 13.9. The van der Waals surface area contributed by atoms with Crippen molar-refractivity contribution in [2.75, 3.05) is 20.1 Å². The van der Waals surface area contributed by atoms with Crippen LogP contribution in [0.2, 0.25) is 0 Å². The molecule has 2 atom stereocenters. The van der Waals surface area contributed by atoms with Gasteiger partial charge in [0.05, 0.1) is 0 Å². The predicted molar refractivity (Wildman–Crippen MR) is 72.0 cm³/mol. The molecule has 1 heterocycles. The summed E-state index contributed by atoms with van der Waals surface area (Å²) in [6.07, 6.45) is 7.10. The van der Waals surface area contributed by atoms with Crippen LogP contribution in [0.25, 0.3) is 0 Å². The molecule has 1 saturated heterocycles. The van der Waals surface area contributed by atoms with Crippen molar-refractivity contribution >= 4 is 5.91 Å². The molecule has 1 aliphatic heterocycles. The number of piperidine rings is 1. The molecule has 0 aliphatic carbocycles. The Morgan fingerprint density at radius 3 is 2.82 bits per heavy atom. The summed E-state index contributed by atoms with van der Waals surface area (Å²) in [5, 5.41) is 3.53. The molecule has 0 bridgehead atoms. The summed E-state index contributed by atoms with van der Waals surface area (Å²) in [6.45, 7) is 6.22. The van der Waals surface area contributed by atoms with Crippen molar-refractivity contribution in [2.45, 2.75) is 58.4 Å². The molecule has 2 unspecified atom stereocenters. The van der Waals surface area contributed by atoms with Crippen LogP contribution in [0.15, 0.2) is 0 Å². The van der Waals surface area contributed by atoms with Crippen LogP contribution < -0.4 is 5.32 Å². The minimum absolute atomic E-state index is 0.185. The molecule has 0 aromatic heterocycles. The van der Waals surface area contributed by atoms with Gasteiger partial charge in [0.2, 0.25) is 5.91 Å². The van der Waals surface area contributed by atoms with Crippen LogP contribution in [0.1, 0.15) is 52.4 Å². The number of nitrogens with zero attached hydrogens (tertiary/aromatic N) is 1. The highest BCUT2D eigenvalue weighted by Gasteiger charge is 2.18. The Labute approximate surface area is 106 Å². The van der Waals surface area contributed by atoms with Crippen LogP contribution in [0.3, 0.4) is 0 Å². The van der Waals surface area contributed by atoms with Crippen molar-refractivity contribution in [3.8, 4) is 0 Å². The molecule has 0 spiro atoms. The number of carbonyl (C=O) groups excluding carboxylic acids is 1. The van der Waals surface area contributed by atoms with Crippen LogP contribution in [-0.4, -0.2) is 37.0 Å². The summed E-state index contributed by atoms with van der Waals surface area (Å²) >= 11 is 0. The van der Waals surface area contributed by atoms with Crippen LogP contribution in [0.4, 0.5) is 0 Å². The van der Waals surface area contributed by atoms with E-state index < -0.39 is 0 Å². The maximum Gasteiger partial charge on any atom is 0.225 e. The molecule has 1 amide bonds. The highest BCUT2D eigenvalue weighted by Crippen LogP contribution is 2.12. The van der Waals surface area contributed by atoms with Gasteiger partial charge in [-0.15, -0.1) is 0 Å². The first-order valence-electron chi connectivity index (χ1n) is 7.13. The first-order valence-corrected chi connectivity index (χ1v) is 7.13. The third kappa shape index (κ3) is 5.07. The minimum Gasteiger partial charge on any atom is -0.345 e. The summed E-state index contributed by atoms with van der Waals surface area (Å²) in [7, 11) is 1.94. The minimum atomic E-state index is 0.185. The van der Waals surface area contributed by atoms with Crippen LogP contribution in [0, 0.1) is 5.92 Å². The fourth-order valence-corrected chi connectivity index (χ4v) is 2.56. The largest absolute Gasteiger partial charge is 0.345 e. The van der Waals surface area contributed by atoms with E-state index in [-0.39, 0.29) is 5.92 Å². The number of hydrogen-bond acceptors (Lipinski definition) is 2. The number of nitrogens with one attached hydrogen (secondary N) is 1. The van der Waals surface area contributed by atoms with E-state index in [2.05, 4.69) is 12.2 Å². The van der Waals surface area contributed by atoms with Gasteiger partial charge < -0.3 is 10.2 Å². The average molecular weight is 240 g/mol. The summed E-state index contributed by atoms with van der Waals surface area (Å²) in [5.74, 6) is 0.493. The number of carbonyl (C=O) groups is 1. The van der Waals surface area contributed by atoms with E-state index >= 15 is 0 Å². The monoisotopic (exact) mass is 240 g/mol. The molecular weight excluding hydrogens is 212 g/mol. The second-order valence-corrected chi connectivity index (χ2v) is 5.39. The van der Waals surface area contributed by atoms with Gasteiger partial charge in [-0.25, -0.2) is 0 Å². The summed E-state index contributed by atoms with van der Waals surface area (Å²) < 4.78 is 0. The molecule has 3 heteroatoms. The van der Waals surface area contributed by atoms with E-state index in [0.717, 1.165) is 32.4 Å². The zero-order valence-electron chi connectivity index (χ0n) is 11.7. The Balaban J connectivity index is 2.23. The van der Waals surface area contributed by atoms with Crippen LogP contribution in [-0.2, 0) is 4.79 Å². The van der Waals surface area contributed by atoms with E-state index in [1.165, 1.54) is 19.3 Å². The van der Waals surface area contributed by atoms with E-state index in [1.54, 1.807) is 0 Å². The van der Waals surface area contributed by atoms with Gasteiger partial charge in [0.1, 0.15) is 0 Å². The smallest absolute Gasteiger partial charge is 0.225 e. The molecule has 0 aromatic carbocycles. The fourth-order valence-electron chi connectivity index (χ4n) is 2.56.